The number of nitrogens with zero attached hydrogens (tertiary/aromatic N) is 3. The number of hydrogen-bond acceptors (Lipinski definition) is 5. The molecule has 2 rings (SSSR count). The van der Waals surface area contributed by atoms with E-state index in [1.54, 1.807) is 32.9 Å². The third-order valence-corrected chi connectivity index (χ3v) is 2.87. The van der Waals surface area contributed by atoms with Crippen LogP contribution in [0.1, 0.15) is 27.3 Å². The molecule has 98 valence electrons. The SMILES string of the molecule is Cc1nnc(NC(=O)c2cccc(O)c2C)nc1C. The Kier molecular flexibility index (Phi) is 3.41. The van der Waals surface area contributed by atoms with E-state index < -0.39 is 0 Å². The number of phenols is 1. The average molecular weight is 258 g/mol. The molecule has 2 aromatic rings. The fourth-order valence-corrected chi connectivity index (χ4v) is 1.55. The summed E-state index contributed by atoms with van der Waals surface area (Å²) in [4.78, 5) is 16.2. The van der Waals surface area contributed by atoms with Crippen molar-refractivity contribution in [1.29, 1.82) is 0 Å². The molecule has 0 bridgehead atoms. The van der Waals surface area contributed by atoms with E-state index in [-0.39, 0.29) is 17.6 Å². The summed E-state index contributed by atoms with van der Waals surface area (Å²) in [6.45, 7) is 5.25. The molecule has 6 heteroatoms. The van der Waals surface area contributed by atoms with Gasteiger partial charge in [-0.2, -0.15) is 5.10 Å². The maximum atomic E-state index is 12.1. The number of carbonyl (C=O) groups excluding carboxylic acids is 1. The number of aromatic nitrogens is 3. The Morgan fingerprint density at radius 3 is 2.58 bits per heavy atom. The molecule has 0 aliphatic carbocycles. The van der Waals surface area contributed by atoms with E-state index in [2.05, 4.69) is 20.5 Å². The summed E-state index contributed by atoms with van der Waals surface area (Å²) in [6, 6.07) is 4.76. The second-order valence-electron chi connectivity index (χ2n) is 4.21. The lowest BCUT2D eigenvalue weighted by Crippen LogP contribution is -2.16. The molecule has 0 saturated heterocycles. The van der Waals surface area contributed by atoms with E-state index in [0.717, 1.165) is 0 Å². The Hall–Kier alpha value is -2.50. The topological polar surface area (TPSA) is 88.0 Å². The Morgan fingerprint density at radius 1 is 1.16 bits per heavy atom. The van der Waals surface area contributed by atoms with Crippen molar-refractivity contribution in [3.05, 3.63) is 40.7 Å². The van der Waals surface area contributed by atoms with Crippen molar-refractivity contribution in [3.63, 3.8) is 0 Å². The lowest BCUT2D eigenvalue weighted by molar-refractivity contribution is 0.102. The van der Waals surface area contributed by atoms with Gasteiger partial charge in [0.15, 0.2) is 0 Å². The van der Waals surface area contributed by atoms with Crippen LogP contribution in [-0.2, 0) is 0 Å². The van der Waals surface area contributed by atoms with Gasteiger partial charge in [0.2, 0.25) is 5.95 Å². The van der Waals surface area contributed by atoms with Crippen LogP contribution in [-0.4, -0.2) is 26.2 Å². The van der Waals surface area contributed by atoms with E-state index >= 15 is 0 Å². The second kappa shape index (κ2) is 5.01. The highest BCUT2D eigenvalue weighted by molar-refractivity contribution is 6.04. The molecule has 1 aromatic heterocycles. The summed E-state index contributed by atoms with van der Waals surface area (Å²) in [5, 5.41) is 19.8. The summed E-state index contributed by atoms with van der Waals surface area (Å²) >= 11 is 0. The highest BCUT2D eigenvalue weighted by Gasteiger charge is 2.13. The lowest BCUT2D eigenvalue weighted by atomic mass is 10.1. The van der Waals surface area contributed by atoms with Crippen LogP contribution >= 0.6 is 0 Å². The molecule has 0 unspecified atom stereocenters. The van der Waals surface area contributed by atoms with Gasteiger partial charge in [-0.3, -0.25) is 10.1 Å². The number of hydrogen-bond donors (Lipinski definition) is 2. The van der Waals surface area contributed by atoms with Crippen molar-refractivity contribution >= 4 is 11.9 Å². The standard InChI is InChI=1S/C13H14N4O2/c1-7-10(5-4-6-11(7)18)12(19)15-13-14-8(2)9(3)16-17-13/h4-6,18H,1-3H3,(H,14,15,17,19). The minimum atomic E-state index is -0.376. The number of aromatic hydroxyl groups is 1. The van der Waals surface area contributed by atoms with Crippen LogP contribution in [0.4, 0.5) is 5.95 Å². The average Bonchev–Trinajstić information content (AvgIpc) is 2.37. The fourth-order valence-electron chi connectivity index (χ4n) is 1.55. The number of benzene rings is 1. The largest absolute Gasteiger partial charge is 0.508 e. The van der Waals surface area contributed by atoms with Gasteiger partial charge in [0.05, 0.1) is 11.4 Å². The quantitative estimate of drug-likeness (QED) is 0.856. The molecule has 1 amide bonds. The monoisotopic (exact) mass is 258 g/mol. The first kappa shape index (κ1) is 12.9. The first-order chi connectivity index (χ1) is 8.99. The highest BCUT2D eigenvalue weighted by Crippen LogP contribution is 2.20. The number of rotatable bonds is 2. The maximum Gasteiger partial charge on any atom is 0.258 e. The first-order valence-electron chi connectivity index (χ1n) is 5.77. The molecule has 0 aliphatic heterocycles. The van der Waals surface area contributed by atoms with Crippen molar-refractivity contribution in [2.45, 2.75) is 20.8 Å². The number of phenolic OH excluding ortho intramolecular Hbond substituents is 1. The zero-order chi connectivity index (χ0) is 14.0. The number of aryl methyl sites for hydroxylation is 2. The Morgan fingerprint density at radius 2 is 1.89 bits per heavy atom. The number of anilines is 1. The molecule has 19 heavy (non-hydrogen) atoms. The maximum absolute atomic E-state index is 12.1. The predicted octanol–water partition coefficient (Wildman–Crippen LogP) is 1.75. The van der Waals surface area contributed by atoms with Gasteiger partial charge in [-0.05, 0) is 32.9 Å². The summed E-state index contributed by atoms with van der Waals surface area (Å²) in [6.07, 6.45) is 0. The van der Waals surface area contributed by atoms with Gasteiger partial charge >= 0.3 is 0 Å². The van der Waals surface area contributed by atoms with Crippen molar-refractivity contribution in [2.75, 3.05) is 5.32 Å². The van der Waals surface area contributed by atoms with Crippen LogP contribution in [0.25, 0.3) is 0 Å². The molecular formula is C13H14N4O2. The van der Waals surface area contributed by atoms with Crippen molar-refractivity contribution in [2.24, 2.45) is 0 Å². The lowest BCUT2D eigenvalue weighted by Gasteiger charge is -2.08. The van der Waals surface area contributed by atoms with Crippen LogP contribution in [0.15, 0.2) is 18.2 Å². The van der Waals surface area contributed by atoms with Crippen molar-refractivity contribution in [3.8, 4) is 5.75 Å². The van der Waals surface area contributed by atoms with Gasteiger partial charge in [0.1, 0.15) is 5.75 Å². The number of carbonyl (C=O) groups is 1. The summed E-state index contributed by atoms with van der Waals surface area (Å²) in [7, 11) is 0. The van der Waals surface area contributed by atoms with Gasteiger partial charge in [-0.15, -0.1) is 5.10 Å². The Bertz CT molecular complexity index is 641. The second-order valence-corrected chi connectivity index (χ2v) is 4.21. The van der Waals surface area contributed by atoms with Gasteiger partial charge in [-0.1, -0.05) is 6.07 Å². The number of nitrogens with one attached hydrogen (secondary N) is 1. The van der Waals surface area contributed by atoms with Gasteiger partial charge < -0.3 is 5.11 Å². The molecular weight excluding hydrogens is 244 g/mol. The molecule has 0 saturated carbocycles. The summed E-state index contributed by atoms with van der Waals surface area (Å²) in [5.74, 6) is -0.152. The third kappa shape index (κ3) is 2.67. The molecule has 0 fully saturated rings. The minimum Gasteiger partial charge on any atom is -0.508 e. The minimum absolute atomic E-state index is 0.0757. The van der Waals surface area contributed by atoms with E-state index in [1.807, 2.05) is 0 Å². The molecule has 0 radical (unpaired) electrons. The molecule has 1 aromatic carbocycles. The first-order valence-corrected chi connectivity index (χ1v) is 5.77. The third-order valence-electron chi connectivity index (χ3n) is 2.87. The Balaban J connectivity index is 2.26. The van der Waals surface area contributed by atoms with Crippen LogP contribution in [0, 0.1) is 20.8 Å². The summed E-state index contributed by atoms with van der Waals surface area (Å²) in [5.41, 5.74) is 2.31. The molecule has 2 N–H and O–H groups in total. The van der Waals surface area contributed by atoms with Crippen LogP contribution < -0.4 is 5.32 Å². The molecule has 0 aliphatic rings. The van der Waals surface area contributed by atoms with Crippen molar-refractivity contribution < 1.29 is 9.90 Å². The van der Waals surface area contributed by atoms with Crippen LogP contribution in [0.2, 0.25) is 0 Å². The van der Waals surface area contributed by atoms with E-state index in [1.165, 1.54) is 6.07 Å². The van der Waals surface area contributed by atoms with Gasteiger partial charge in [0.25, 0.3) is 5.91 Å². The van der Waals surface area contributed by atoms with Crippen LogP contribution in [0.5, 0.6) is 5.75 Å². The zero-order valence-electron chi connectivity index (χ0n) is 10.9. The molecule has 0 atom stereocenters. The zero-order valence-corrected chi connectivity index (χ0v) is 10.9. The molecule has 1 heterocycles. The normalized spacial score (nSPS) is 10.3. The molecule has 0 spiro atoms. The Labute approximate surface area is 110 Å². The fraction of sp³-hybridized carbons (Fsp3) is 0.231. The van der Waals surface area contributed by atoms with E-state index in [0.29, 0.717) is 22.5 Å². The predicted molar refractivity (Wildman–Crippen MR) is 70.1 cm³/mol. The van der Waals surface area contributed by atoms with Crippen molar-refractivity contribution in [1.82, 2.24) is 15.2 Å². The molecule has 6 nitrogen and oxygen atoms in total. The van der Waals surface area contributed by atoms with E-state index in [9.17, 15) is 9.90 Å². The smallest absolute Gasteiger partial charge is 0.258 e. The number of amides is 1. The van der Waals surface area contributed by atoms with Crippen LogP contribution in [0.3, 0.4) is 0 Å². The summed E-state index contributed by atoms with van der Waals surface area (Å²) < 4.78 is 0. The van der Waals surface area contributed by atoms with E-state index in [4.69, 9.17) is 0 Å². The van der Waals surface area contributed by atoms with Gasteiger partial charge in [0, 0.05) is 11.1 Å². The highest BCUT2D eigenvalue weighted by atomic mass is 16.3. The van der Waals surface area contributed by atoms with Gasteiger partial charge in [-0.25, -0.2) is 4.98 Å².